The van der Waals surface area contributed by atoms with E-state index >= 15 is 0 Å². The predicted octanol–water partition coefficient (Wildman–Crippen LogP) is 4.59. The second-order valence-electron chi connectivity index (χ2n) is 13.2. The lowest BCUT2D eigenvalue weighted by atomic mass is 10.0. The Morgan fingerprint density at radius 1 is 0.611 bits per heavy atom. The molecule has 0 unspecified atom stereocenters. The molecule has 54 heavy (non-hydrogen) atoms. The van der Waals surface area contributed by atoms with E-state index in [1.807, 2.05) is 121 Å². The van der Waals surface area contributed by atoms with E-state index in [1.54, 1.807) is 12.4 Å². The number of amides is 3. The second-order valence-corrected chi connectivity index (χ2v) is 13.2. The molecule has 7 aromatic rings. The minimum Gasteiger partial charge on any atom is -0.361 e. The first-order valence-corrected chi connectivity index (χ1v) is 17.8. The first kappa shape index (κ1) is 35.6. The number of nitrogens with zero attached hydrogens (tertiary/aromatic N) is 2. The molecule has 272 valence electrons. The number of aromatic nitrogens is 5. The Morgan fingerprint density at radius 3 is 1.80 bits per heavy atom. The van der Waals surface area contributed by atoms with E-state index in [1.165, 1.54) is 0 Å². The van der Waals surface area contributed by atoms with Gasteiger partial charge in [0.05, 0.1) is 6.04 Å². The van der Waals surface area contributed by atoms with Gasteiger partial charge < -0.3 is 36.6 Å². The number of nitrogens with one attached hydrogen (secondary N) is 6. The van der Waals surface area contributed by atoms with Crippen LogP contribution < -0.4 is 21.7 Å². The van der Waals surface area contributed by atoms with Crippen molar-refractivity contribution in [1.29, 1.82) is 0 Å². The largest absolute Gasteiger partial charge is 0.361 e. The zero-order valence-corrected chi connectivity index (χ0v) is 29.5. The summed E-state index contributed by atoms with van der Waals surface area (Å²) in [5.41, 5.74) is 12.2. The van der Waals surface area contributed by atoms with Crippen LogP contribution in [0.4, 0.5) is 0 Å². The Morgan fingerprint density at radius 2 is 1.15 bits per heavy atom. The van der Waals surface area contributed by atoms with E-state index < -0.39 is 29.9 Å². The Balaban J connectivity index is 1.11. The molecule has 0 radical (unpaired) electrons. The molecule has 7 rings (SSSR count). The molecule has 0 saturated heterocycles. The molecule has 0 aliphatic heterocycles. The molecule has 0 bridgehead atoms. The molecule has 0 aliphatic rings. The molecule has 12 nitrogen and oxygen atoms in total. The van der Waals surface area contributed by atoms with Crippen LogP contribution in [0.25, 0.3) is 33.7 Å². The fourth-order valence-electron chi connectivity index (χ4n) is 6.36. The van der Waals surface area contributed by atoms with Gasteiger partial charge in [-0.25, -0.2) is 9.97 Å². The van der Waals surface area contributed by atoms with Crippen molar-refractivity contribution in [3.05, 3.63) is 156 Å². The van der Waals surface area contributed by atoms with Gasteiger partial charge in [0.15, 0.2) is 0 Å². The highest BCUT2D eigenvalue weighted by atomic mass is 16.2. The summed E-state index contributed by atoms with van der Waals surface area (Å²) < 4.78 is 0. The van der Waals surface area contributed by atoms with E-state index in [9.17, 15) is 14.4 Å². The lowest BCUT2D eigenvalue weighted by Gasteiger charge is -2.24. The Bertz CT molecular complexity index is 2320. The van der Waals surface area contributed by atoms with Crippen LogP contribution in [0.1, 0.15) is 22.5 Å². The SMILES string of the molecule is N[C@@H](Cc1cnc(-c2ccccc2)[nH]1)C(=O)N[C@@H](Cc1c[nH]c2ccccc12)C(=O)N[C@@H](Cc1cnc(-c2ccccc2)[nH]1)C(=O)NCc1ccccc1. The molecule has 3 atom stereocenters. The van der Waals surface area contributed by atoms with Crippen LogP contribution in [0.3, 0.4) is 0 Å². The fraction of sp³-hybridized carbons (Fsp3) is 0.167. The number of nitrogens with two attached hydrogens (primary N) is 1. The number of hydrogen-bond donors (Lipinski definition) is 7. The van der Waals surface area contributed by atoms with Crippen LogP contribution in [-0.4, -0.2) is 60.8 Å². The Kier molecular flexibility index (Phi) is 11.0. The van der Waals surface area contributed by atoms with Crippen LogP contribution in [0.5, 0.6) is 0 Å². The minimum absolute atomic E-state index is 0.128. The van der Waals surface area contributed by atoms with E-state index in [4.69, 9.17) is 5.73 Å². The summed E-state index contributed by atoms with van der Waals surface area (Å²) in [7, 11) is 0. The molecule has 0 spiro atoms. The van der Waals surface area contributed by atoms with Crippen molar-refractivity contribution in [3.8, 4) is 22.8 Å². The topological polar surface area (TPSA) is 186 Å². The van der Waals surface area contributed by atoms with Gasteiger partial charge in [0.25, 0.3) is 0 Å². The summed E-state index contributed by atoms with van der Waals surface area (Å²) >= 11 is 0. The van der Waals surface area contributed by atoms with Crippen LogP contribution >= 0.6 is 0 Å². The monoisotopic (exact) mass is 719 g/mol. The average Bonchev–Trinajstić information content (AvgIpc) is 3.98. The van der Waals surface area contributed by atoms with Gasteiger partial charge in [-0.1, -0.05) is 109 Å². The van der Waals surface area contributed by atoms with Crippen LogP contribution in [0, 0.1) is 0 Å². The molecule has 3 amide bonds. The van der Waals surface area contributed by atoms with Gasteiger partial charge in [0, 0.05) is 77.8 Å². The standard InChI is InChI=1S/C42H41N9O3/c43-34(21-31-25-45-38(48-31)28-14-6-2-7-15-28)40(52)50-36(20-30-24-44-35-19-11-10-18-33(30)35)42(54)51-37(41(53)47-23-27-12-4-1-5-13-27)22-32-26-46-39(49-32)29-16-8-3-9-17-29/h1-19,24-26,34,36-37,44H,20-23,43H2,(H,45,48)(H,46,49)(H,47,53)(H,50,52)(H,51,54)/t34-,36-,37-/m0/s1. The molecular formula is C42H41N9O3. The summed E-state index contributed by atoms with van der Waals surface area (Å²) in [6.07, 6.45) is 5.59. The fourth-order valence-corrected chi connectivity index (χ4v) is 6.36. The summed E-state index contributed by atoms with van der Waals surface area (Å²) in [6, 6.07) is 33.5. The minimum atomic E-state index is -1.06. The van der Waals surface area contributed by atoms with Crippen molar-refractivity contribution < 1.29 is 14.4 Å². The maximum atomic E-state index is 14.3. The van der Waals surface area contributed by atoms with Gasteiger partial charge in [-0.15, -0.1) is 0 Å². The molecule has 8 N–H and O–H groups in total. The zero-order chi connectivity index (χ0) is 37.3. The highest BCUT2D eigenvalue weighted by molar-refractivity contribution is 5.94. The smallest absolute Gasteiger partial charge is 0.243 e. The lowest BCUT2D eigenvalue weighted by molar-refractivity contribution is -0.132. The van der Waals surface area contributed by atoms with Crippen LogP contribution in [-0.2, 0) is 40.2 Å². The molecule has 4 aromatic carbocycles. The number of para-hydroxylation sites is 1. The van der Waals surface area contributed by atoms with Gasteiger partial charge in [0.1, 0.15) is 23.7 Å². The summed E-state index contributed by atoms with van der Waals surface area (Å²) in [6.45, 7) is 0.272. The van der Waals surface area contributed by atoms with Crippen molar-refractivity contribution >= 4 is 28.6 Å². The van der Waals surface area contributed by atoms with Gasteiger partial charge in [0.2, 0.25) is 17.7 Å². The number of carbonyl (C=O) groups excluding carboxylic acids is 3. The zero-order valence-electron chi connectivity index (χ0n) is 29.5. The Labute approximate surface area is 312 Å². The van der Waals surface area contributed by atoms with Gasteiger partial charge in [-0.2, -0.15) is 0 Å². The number of fused-ring (bicyclic) bond motifs is 1. The second kappa shape index (κ2) is 16.7. The quantitative estimate of drug-likeness (QED) is 0.0812. The maximum absolute atomic E-state index is 14.3. The van der Waals surface area contributed by atoms with E-state index in [2.05, 4.69) is 40.9 Å². The van der Waals surface area contributed by atoms with Crippen molar-refractivity contribution in [2.45, 2.75) is 43.9 Å². The van der Waals surface area contributed by atoms with Crippen molar-refractivity contribution in [3.63, 3.8) is 0 Å². The third kappa shape index (κ3) is 8.80. The van der Waals surface area contributed by atoms with Crippen molar-refractivity contribution in [2.24, 2.45) is 5.73 Å². The number of rotatable bonds is 15. The van der Waals surface area contributed by atoms with E-state index in [0.29, 0.717) is 23.0 Å². The Hall–Kier alpha value is -6.79. The molecule has 3 heterocycles. The number of aromatic amines is 3. The normalized spacial score (nSPS) is 12.8. The number of H-pyrrole nitrogens is 3. The lowest BCUT2D eigenvalue weighted by Crippen LogP contribution is -2.57. The molecule has 12 heteroatoms. The third-order valence-corrected chi connectivity index (χ3v) is 9.23. The van der Waals surface area contributed by atoms with Crippen LogP contribution in [0.2, 0.25) is 0 Å². The number of imidazole rings is 2. The number of hydrogen-bond acceptors (Lipinski definition) is 6. The van der Waals surface area contributed by atoms with Gasteiger partial charge in [-0.05, 0) is 17.2 Å². The summed E-state index contributed by atoms with van der Waals surface area (Å²) in [5.74, 6) is -0.120. The first-order chi connectivity index (χ1) is 26.4. The van der Waals surface area contributed by atoms with Crippen LogP contribution in [0.15, 0.2) is 134 Å². The third-order valence-electron chi connectivity index (χ3n) is 9.23. The average molecular weight is 720 g/mol. The molecule has 0 saturated carbocycles. The van der Waals surface area contributed by atoms with E-state index in [-0.39, 0.29) is 31.7 Å². The summed E-state index contributed by atoms with van der Waals surface area (Å²) in [5, 5.41) is 9.72. The predicted molar refractivity (Wildman–Crippen MR) is 208 cm³/mol. The van der Waals surface area contributed by atoms with E-state index in [0.717, 1.165) is 33.2 Å². The van der Waals surface area contributed by atoms with Gasteiger partial charge >= 0.3 is 0 Å². The van der Waals surface area contributed by atoms with Crippen molar-refractivity contribution in [1.82, 2.24) is 40.9 Å². The number of benzene rings is 4. The van der Waals surface area contributed by atoms with Crippen molar-refractivity contribution in [2.75, 3.05) is 0 Å². The molecular weight excluding hydrogens is 679 g/mol. The molecule has 0 fully saturated rings. The molecule has 0 aliphatic carbocycles. The first-order valence-electron chi connectivity index (χ1n) is 17.8. The highest BCUT2D eigenvalue weighted by Crippen LogP contribution is 2.20. The maximum Gasteiger partial charge on any atom is 0.243 e. The molecule has 3 aromatic heterocycles. The highest BCUT2D eigenvalue weighted by Gasteiger charge is 2.30. The van der Waals surface area contributed by atoms with Gasteiger partial charge in [-0.3, -0.25) is 14.4 Å². The number of carbonyl (C=O) groups is 3. The summed E-state index contributed by atoms with van der Waals surface area (Å²) in [4.78, 5) is 60.5.